The summed E-state index contributed by atoms with van der Waals surface area (Å²) in [6, 6.07) is 14.8. The summed E-state index contributed by atoms with van der Waals surface area (Å²) in [6.45, 7) is 5.57. The number of unbranched alkanes of at least 4 members (excludes halogenated alkanes) is 1. The fraction of sp³-hybridized carbons (Fsp3) is 0.280. The van der Waals surface area contributed by atoms with Crippen molar-refractivity contribution in [1.29, 1.82) is 0 Å². The molecule has 2 amide bonds. The Kier molecular flexibility index (Phi) is 7.53. The molecule has 0 unspecified atom stereocenters. The smallest absolute Gasteiger partial charge is 0.270 e. The average Bonchev–Trinajstić information content (AvgIpc) is 3.14. The predicted molar refractivity (Wildman–Crippen MR) is 127 cm³/mol. The van der Waals surface area contributed by atoms with Crippen LogP contribution in [0.1, 0.15) is 42.6 Å². The first-order chi connectivity index (χ1) is 15.0. The number of benzene rings is 2. The molecule has 0 aliphatic rings. The number of aryl methyl sites for hydroxylation is 1. The fourth-order valence-corrected chi connectivity index (χ4v) is 3.72. The Bertz CT molecular complexity index is 1120. The van der Waals surface area contributed by atoms with Gasteiger partial charge < -0.3 is 14.8 Å². The second kappa shape index (κ2) is 10.3. The Morgan fingerprint density at radius 2 is 1.81 bits per heavy atom. The van der Waals surface area contributed by atoms with E-state index in [9.17, 15) is 9.59 Å². The van der Waals surface area contributed by atoms with Gasteiger partial charge in [0.2, 0.25) is 0 Å². The molecule has 0 radical (unpaired) electrons. The van der Waals surface area contributed by atoms with Crippen LogP contribution in [-0.2, 0) is 11.3 Å². The molecule has 0 saturated carbocycles. The molecule has 1 N–H and O–H groups in total. The number of hydrogen-bond donors (Lipinski definition) is 1. The predicted octanol–water partition coefficient (Wildman–Crippen LogP) is 5.34. The Morgan fingerprint density at radius 3 is 2.52 bits per heavy atom. The topological polar surface area (TPSA) is 54.3 Å². The van der Waals surface area contributed by atoms with Crippen LogP contribution in [-0.4, -0.2) is 34.9 Å². The Balaban J connectivity index is 2.03. The molecule has 0 atom stereocenters. The van der Waals surface area contributed by atoms with Crippen molar-refractivity contribution in [1.82, 2.24) is 14.8 Å². The number of nitrogens with zero attached hydrogens (tertiary/aromatic N) is 2. The van der Waals surface area contributed by atoms with Crippen LogP contribution in [0.25, 0.3) is 17.0 Å². The van der Waals surface area contributed by atoms with Gasteiger partial charge in [-0.15, -0.1) is 0 Å². The number of halogens is 1. The van der Waals surface area contributed by atoms with E-state index in [0.29, 0.717) is 17.1 Å². The lowest BCUT2D eigenvalue weighted by Crippen LogP contribution is -2.36. The molecule has 3 rings (SSSR count). The quantitative estimate of drug-likeness (QED) is 0.483. The van der Waals surface area contributed by atoms with Crippen molar-refractivity contribution in [3.05, 3.63) is 76.6 Å². The number of amides is 2. The maximum atomic E-state index is 13.2. The van der Waals surface area contributed by atoms with Gasteiger partial charge >= 0.3 is 0 Å². The van der Waals surface area contributed by atoms with Crippen molar-refractivity contribution in [3.63, 3.8) is 0 Å². The average molecular weight is 438 g/mol. The zero-order chi connectivity index (χ0) is 22.4. The Morgan fingerprint density at radius 1 is 1.10 bits per heavy atom. The highest BCUT2D eigenvalue weighted by molar-refractivity contribution is 6.34. The van der Waals surface area contributed by atoms with Crippen molar-refractivity contribution >= 4 is 40.4 Å². The summed E-state index contributed by atoms with van der Waals surface area (Å²) < 4.78 is 2.12. The van der Waals surface area contributed by atoms with Crippen LogP contribution in [0.2, 0.25) is 5.02 Å². The molecule has 0 aliphatic carbocycles. The van der Waals surface area contributed by atoms with Gasteiger partial charge in [-0.05, 0) is 37.6 Å². The molecule has 1 heterocycles. The highest BCUT2D eigenvalue weighted by Gasteiger charge is 2.20. The molecule has 0 saturated heterocycles. The van der Waals surface area contributed by atoms with Crippen LogP contribution in [0.15, 0.2) is 60.4 Å². The lowest BCUT2D eigenvalue weighted by atomic mass is 10.1. The minimum absolute atomic E-state index is 0.225. The van der Waals surface area contributed by atoms with Gasteiger partial charge in [-0.25, -0.2) is 0 Å². The molecule has 0 aliphatic heterocycles. The lowest BCUT2D eigenvalue weighted by Gasteiger charge is -2.19. The number of aromatic nitrogens is 1. The van der Waals surface area contributed by atoms with E-state index in [4.69, 9.17) is 11.6 Å². The minimum Gasteiger partial charge on any atom is -0.347 e. The first-order valence-electron chi connectivity index (χ1n) is 10.6. The van der Waals surface area contributed by atoms with Gasteiger partial charge in [0.05, 0.1) is 10.6 Å². The van der Waals surface area contributed by atoms with Crippen LogP contribution in [0.3, 0.4) is 0 Å². The maximum Gasteiger partial charge on any atom is 0.270 e. The molecule has 6 heteroatoms. The van der Waals surface area contributed by atoms with E-state index in [0.717, 1.165) is 35.9 Å². The number of carbonyl (C=O) groups is 2. The van der Waals surface area contributed by atoms with E-state index < -0.39 is 5.91 Å². The molecule has 162 valence electrons. The summed E-state index contributed by atoms with van der Waals surface area (Å²) in [5, 5.41) is 4.18. The first-order valence-corrected chi connectivity index (χ1v) is 10.9. The van der Waals surface area contributed by atoms with E-state index in [-0.39, 0.29) is 11.6 Å². The van der Waals surface area contributed by atoms with Crippen molar-refractivity contribution in [2.75, 3.05) is 13.6 Å². The van der Waals surface area contributed by atoms with Crippen LogP contribution >= 0.6 is 11.6 Å². The number of likely N-dealkylation sites (N-methyl/N-ethyl adjacent to an activating group) is 1. The zero-order valence-electron chi connectivity index (χ0n) is 18.2. The molecular weight excluding hydrogens is 410 g/mol. The molecule has 1 aromatic heterocycles. The van der Waals surface area contributed by atoms with Crippen LogP contribution < -0.4 is 5.32 Å². The van der Waals surface area contributed by atoms with E-state index in [1.807, 2.05) is 30.5 Å². The number of para-hydroxylation sites is 1. The van der Waals surface area contributed by atoms with Gasteiger partial charge in [0.15, 0.2) is 0 Å². The van der Waals surface area contributed by atoms with E-state index >= 15 is 0 Å². The van der Waals surface area contributed by atoms with Gasteiger partial charge in [-0.3, -0.25) is 9.59 Å². The largest absolute Gasteiger partial charge is 0.347 e. The fourth-order valence-electron chi connectivity index (χ4n) is 3.50. The highest BCUT2D eigenvalue weighted by Crippen LogP contribution is 2.24. The van der Waals surface area contributed by atoms with Crippen molar-refractivity contribution in [2.24, 2.45) is 0 Å². The molecule has 0 fully saturated rings. The summed E-state index contributed by atoms with van der Waals surface area (Å²) in [7, 11) is 1.75. The number of hydrogen-bond acceptors (Lipinski definition) is 2. The molecular formula is C25H28ClN3O2. The monoisotopic (exact) mass is 437 g/mol. The third-order valence-electron chi connectivity index (χ3n) is 5.25. The lowest BCUT2D eigenvalue weighted by molar-refractivity contribution is -0.126. The summed E-state index contributed by atoms with van der Waals surface area (Å²) in [6.07, 6.45) is 5.63. The summed E-state index contributed by atoms with van der Waals surface area (Å²) in [5.74, 6) is -0.643. The molecule has 5 nitrogen and oxygen atoms in total. The van der Waals surface area contributed by atoms with Crippen LogP contribution in [0.4, 0.5) is 0 Å². The number of nitrogens with one attached hydrogen (secondary N) is 1. The number of fused-ring (bicyclic) bond motifs is 1. The third-order valence-corrected chi connectivity index (χ3v) is 5.58. The molecule has 2 aromatic carbocycles. The van der Waals surface area contributed by atoms with Crippen LogP contribution in [0.5, 0.6) is 0 Å². The molecule has 31 heavy (non-hydrogen) atoms. The number of carbonyl (C=O) groups excluding carboxylic acids is 2. The summed E-state index contributed by atoms with van der Waals surface area (Å²) >= 11 is 6.19. The summed E-state index contributed by atoms with van der Waals surface area (Å²) in [4.78, 5) is 27.8. The van der Waals surface area contributed by atoms with Gasteiger partial charge in [-0.2, -0.15) is 0 Å². The third kappa shape index (κ3) is 5.17. The first kappa shape index (κ1) is 22.6. The Hall–Kier alpha value is -3.05. The minimum atomic E-state index is -0.409. The van der Waals surface area contributed by atoms with E-state index in [1.54, 1.807) is 42.3 Å². The second-order valence-electron chi connectivity index (χ2n) is 7.46. The second-order valence-corrected chi connectivity index (χ2v) is 7.87. The van der Waals surface area contributed by atoms with Gasteiger partial charge in [0, 0.05) is 42.8 Å². The maximum absolute atomic E-state index is 13.2. The van der Waals surface area contributed by atoms with E-state index in [2.05, 4.69) is 23.7 Å². The SMILES string of the molecule is CCCCN(C)C(=O)/C(=C/c1cn(CC)c2ccccc12)NC(=O)c1ccccc1Cl. The highest BCUT2D eigenvalue weighted by atomic mass is 35.5. The normalized spacial score (nSPS) is 11.5. The van der Waals surface area contributed by atoms with Gasteiger partial charge in [0.25, 0.3) is 11.8 Å². The van der Waals surface area contributed by atoms with Gasteiger partial charge in [0.1, 0.15) is 5.70 Å². The van der Waals surface area contributed by atoms with Gasteiger partial charge in [-0.1, -0.05) is 55.3 Å². The van der Waals surface area contributed by atoms with Crippen molar-refractivity contribution in [2.45, 2.75) is 33.2 Å². The standard InChI is InChI=1S/C25H28ClN3O2/c1-4-6-15-28(3)25(31)22(27-24(30)20-12-7-9-13-21(20)26)16-18-17-29(5-2)23-14-10-8-11-19(18)23/h7-14,16-17H,4-6,15H2,1-3H3,(H,27,30)/b22-16-. The molecule has 3 aromatic rings. The molecule has 0 bridgehead atoms. The molecule has 0 spiro atoms. The van der Waals surface area contributed by atoms with Crippen molar-refractivity contribution in [3.8, 4) is 0 Å². The zero-order valence-corrected chi connectivity index (χ0v) is 18.9. The van der Waals surface area contributed by atoms with E-state index in [1.165, 1.54) is 0 Å². The van der Waals surface area contributed by atoms with Crippen LogP contribution in [0, 0.1) is 0 Å². The Labute approximate surface area is 188 Å². The number of rotatable bonds is 8. The van der Waals surface area contributed by atoms with Crippen molar-refractivity contribution < 1.29 is 9.59 Å². The summed E-state index contributed by atoms with van der Waals surface area (Å²) in [5.41, 5.74) is 2.52.